The number of rotatable bonds is 7. The van der Waals surface area contributed by atoms with Crippen molar-refractivity contribution in [1.82, 2.24) is 4.90 Å². The number of hydrogen-bond acceptors (Lipinski definition) is 4. The van der Waals surface area contributed by atoms with E-state index in [-0.39, 0.29) is 11.4 Å². The summed E-state index contributed by atoms with van der Waals surface area (Å²) in [4.78, 5) is 14.0. The molecule has 142 valence electrons. The zero-order valence-electron chi connectivity index (χ0n) is 15.9. The Hall–Kier alpha value is -2.66. The van der Waals surface area contributed by atoms with Crippen LogP contribution in [0.15, 0.2) is 51.7 Å². The lowest BCUT2D eigenvalue weighted by atomic mass is 10.0. The number of ether oxygens (including phenoxy) is 1. The highest BCUT2D eigenvalue weighted by Crippen LogP contribution is 2.22. The summed E-state index contributed by atoms with van der Waals surface area (Å²) in [6.07, 6.45) is 0.825. The lowest BCUT2D eigenvalue weighted by Crippen LogP contribution is -2.21. The molecular formula is C22H24FNO3. The van der Waals surface area contributed by atoms with E-state index in [2.05, 4.69) is 17.9 Å². The van der Waals surface area contributed by atoms with E-state index in [9.17, 15) is 9.18 Å². The molecule has 0 aliphatic heterocycles. The fourth-order valence-electron chi connectivity index (χ4n) is 3.04. The SMILES string of the molecule is Cc1cc2oc(=O)cc(CN(C)CCCOc3ccc(F)cc3)c2cc1C. The van der Waals surface area contributed by atoms with Crippen molar-refractivity contribution in [2.45, 2.75) is 26.8 Å². The summed E-state index contributed by atoms with van der Waals surface area (Å²) in [5, 5.41) is 0.979. The highest BCUT2D eigenvalue weighted by molar-refractivity contribution is 5.81. The van der Waals surface area contributed by atoms with Crippen LogP contribution in [0.5, 0.6) is 5.75 Å². The van der Waals surface area contributed by atoms with Gasteiger partial charge in [0.05, 0.1) is 6.61 Å². The van der Waals surface area contributed by atoms with E-state index >= 15 is 0 Å². The zero-order valence-corrected chi connectivity index (χ0v) is 15.9. The third kappa shape index (κ3) is 4.95. The molecule has 0 fully saturated rings. The summed E-state index contributed by atoms with van der Waals surface area (Å²) in [5.74, 6) is 0.392. The largest absolute Gasteiger partial charge is 0.494 e. The second-order valence-corrected chi connectivity index (χ2v) is 6.92. The van der Waals surface area contributed by atoms with Gasteiger partial charge in [-0.1, -0.05) is 0 Å². The van der Waals surface area contributed by atoms with Crippen molar-refractivity contribution >= 4 is 11.0 Å². The third-order valence-electron chi connectivity index (χ3n) is 4.65. The van der Waals surface area contributed by atoms with E-state index in [1.807, 2.05) is 20.0 Å². The van der Waals surface area contributed by atoms with Crippen LogP contribution in [-0.2, 0) is 6.54 Å². The molecule has 0 atom stereocenters. The molecule has 1 aromatic heterocycles. The molecule has 0 bridgehead atoms. The average Bonchev–Trinajstić information content (AvgIpc) is 2.62. The summed E-state index contributed by atoms with van der Waals surface area (Å²) in [6.45, 7) is 6.08. The maximum atomic E-state index is 12.9. The van der Waals surface area contributed by atoms with Gasteiger partial charge in [-0.15, -0.1) is 0 Å². The molecule has 1 heterocycles. The van der Waals surface area contributed by atoms with Gasteiger partial charge in [-0.25, -0.2) is 9.18 Å². The van der Waals surface area contributed by atoms with E-state index in [0.717, 1.165) is 29.5 Å². The Kier molecular flexibility index (Phi) is 5.91. The van der Waals surface area contributed by atoms with Gasteiger partial charge in [-0.05, 0) is 80.4 Å². The number of benzene rings is 2. The minimum Gasteiger partial charge on any atom is -0.494 e. The molecule has 27 heavy (non-hydrogen) atoms. The normalized spacial score (nSPS) is 11.3. The van der Waals surface area contributed by atoms with E-state index in [1.165, 1.54) is 17.7 Å². The number of hydrogen-bond donors (Lipinski definition) is 0. The standard InChI is InChI=1S/C22H24FNO3/c1-15-11-20-17(13-22(25)27-21(20)12-16(15)2)14-24(3)9-4-10-26-19-7-5-18(23)6-8-19/h5-8,11-13H,4,9-10,14H2,1-3H3. The van der Waals surface area contributed by atoms with Gasteiger partial charge in [-0.2, -0.15) is 0 Å². The zero-order chi connectivity index (χ0) is 19.4. The monoisotopic (exact) mass is 369 g/mol. The topological polar surface area (TPSA) is 42.7 Å². The number of nitrogens with zero attached hydrogens (tertiary/aromatic N) is 1. The molecule has 2 aromatic carbocycles. The Morgan fingerprint density at radius 1 is 1.07 bits per heavy atom. The molecule has 0 N–H and O–H groups in total. The molecule has 0 unspecified atom stereocenters. The molecular weight excluding hydrogens is 345 g/mol. The lowest BCUT2D eigenvalue weighted by Gasteiger charge is -2.18. The molecule has 0 saturated carbocycles. The van der Waals surface area contributed by atoms with Gasteiger partial charge in [0.15, 0.2) is 0 Å². The summed E-state index contributed by atoms with van der Waals surface area (Å²) < 4.78 is 23.9. The van der Waals surface area contributed by atoms with Crippen LogP contribution in [0.3, 0.4) is 0 Å². The minimum atomic E-state index is -0.325. The average molecular weight is 369 g/mol. The van der Waals surface area contributed by atoms with Crippen LogP contribution in [-0.4, -0.2) is 25.1 Å². The van der Waals surface area contributed by atoms with Gasteiger partial charge in [0.25, 0.3) is 0 Å². The third-order valence-corrected chi connectivity index (χ3v) is 4.65. The summed E-state index contributed by atoms with van der Waals surface area (Å²) in [6, 6.07) is 11.6. The molecule has 0 spiro atoms. The molecule has 0 radical (unpaired) electrons. The maximum absolute atomic E-state index is 12.9. The molecule has 0 aliphatic carbocycles. The van der Waals surface area contributed by atoms with Gasteiger partial charge in [-0.3, -0.25) is 0 Å². The number of fused-ring (bicyclic) bond motifs is 1. The van der Waals surface area contributed by atoms with Crippen LogP contribution in [0.4, 0.5) is 4.39 Å². The first-order valence-electron chi connectivity index (χ1n) is 9.03. The maximum Gasteiger partial charge on any atom is 0.336 e. The number of aryl methyl sites for hydroxylation is 2. The predicted molar refractivity (Wildman–Crippen MR) is 105 cm³/mol. The van der Waals surface area contributed by atoms with Gasteiger partial charge in [0.2, 0.25) is 0 Å². The summed E-state index contributed by atoms with van der Waals surface area (Å²) in [5.41, 5.74) is 3.55. The second kappa shape index (κ2) is 8.35. The van der Waals surface area contributed by atoms with Crippen LogP contribution in [0.1, 0.15) is 23.1 Å². The Bertz CT molecular complexity index is 979. The van der Waals surface area contributed by atoms with Crippen molar-refractivity contribution in [1.29, 1.82) is 0 Å². The Morgan fingerprint density at radius 2 is 1.78 bits per heavy atom. The fraction of sp³-hybridized carbons (Fsp3) is 0.318. The van der Waals surface area contributed by atoms with Gasteiger partial charge >= 0.3 is 5.63 Å². The summed E-state index contributed by atoms with van der Waals surface area (Å²) in [7, 11) is 2.01. The van der Waals surface area contributed by atoms with E-state index in [1.54, 1.807) is 18.2 Å². The van der Waals surface area contributed by atoms with Crippen LogP contribution in [0, 0.1) is 19.7 Å². The van der Waals surface area contributed by atoms with E-state index in [0.29, 0.717) is 24.5 Å². The predicted octanol–water partition coefficient (Wildman–Crippen LogP) is 4.45. The van der Waals surface area contributed by atoms with Crippen molar-refractivity contribution in [2.24, 2.45) is 0 Å². The van der Waals surface area contributed by atoms with E-state index in [4.69, 9.17) is 9.15 Å². The molecule has 0 aliphatic rings. The smallest absolute Gasteiger partial charge is 0.336 e. The van der Waals surface area contributed by atoms with Crippen molar-refractivity contribution in [2.75, 3.05) is 20.2 Å². The van der Waals surface area contributed by atoms with E-state index < -0.39 is 0 Å². The van der Waals surface area contributed by atoms with Crippen molar-refractivity contribution in [3.8, 4) is 5.75 Å². The van der Waals surface area contributed by atoms with Crippen LogP contribution in [0.2, 0.25) is 0 Å². The van der Waals surface area contributed by atoms with Gasteiger partial charge in [0, 0.05) is 24.5 Å². The minimum absolute atomic E-state index is 0.271. The number of halogens is 1. The molecule has 0 amide bonds. The first-order valence-corrected chi connectivity index (χ1v) is 9.03. The highest BCUT2D eigenvalue weighted by Gasteiger charge is 2.10. The van der Waals surface area contributed by atoms with Gasteiger partial charge in [0.1, 0.15) is 17.1 Å². The molecule has 4 nitrogen and oxygen atoms in total. The second-order valence-electron chi connectivity index (χ2n) is 6.92. The molecule has 3 aromatic rings. The quantitative estimate of drug-likeness (QED) is 0.456. The first kappa shape index (κ1) is 19.1. The molecule has 5 heteroatoms. The lowest BCUT2D eigenvalue weighted by molar-refractivity contribution is 0.259. The van der Waals surface area contributed by atoms with Crippen LogP contribution < -0.4 is 10.4 Å². The summed E-state index contributed by atoms with van der Waals surface area (Å²) >= 11 is 0. The van der Waals surface area contributed by atoms with Crippen molar-refractivity contribution in [3.05, 3.63) is 75.4 Å². The highest BCUT2D eigenvalue weighted by atomic mass is 19.1. The Labute approximate surface area is 158 Å². The molecule has 3 rings (SSSR count). The fourth-order valence-corrected chi connectivity index (χ4v) is 3.04. The van der Waals surface area contributed by atoms with Crippen molar-refractivity contribution in [3.63, 3.8) is 0 Å². The Morgan fingerprint density at radius 3 is 2.52 bits per heavy atom. The first-order chi connectivity index (χ1) is 12.9. The Balaban J connectivity index is 1.60. The van der Waals surface area contributed by atoms with Crippen molar-refractivity contribution < 1.29 is 13.5 Å². The van der Waals surface area contributed by atoms with Crippen LogP contribution >= 0.6 is 0 Å². The molecule has 0 saturated heterocycles. The van der Waals surface area contributed by atoms with Crippen LogP contribution in [0.25, 0.3) is 11.0 Å². The van der Waals surface area contributed by atoms with Gasteiger partial charge < -0.3 is 14.1 Å².